The largest absolute Gasteiger partial charge is 0.381 e. The van der Waals surface area contributed by atoms with Gasteiger partial charge in [0.05, 0.1) is 33.8 Å². The summed E-state index contributed by atoms with van der Waals surface area (Å²) in [5.74, 6) is -0.357. The molecule has 2 N–H and O–H groups in total. The van der Waals surface area contributed by atoms with Crippen molar-refractivity contribution in [1.82, 2.24) is 14.8 Å². The molecule has 10 heteroatoms. The van der Waals surface area contributed by atoms with E-state index in [9.17, 15) is 18.0 Å². The molecule has 1 saturated carbocycles. The van der Waals surface area contributed by atoms with Crippen LogP contribution in [0.1, 0.15) is 54.2 Å². The van der Waals surface area contributed by atoms with Crippen molar-refractivity contribution >= 4 is 32.4 Å². The number of ether oxygens (including phenoxy) is 1. The molecule has 0 bridgehead atoms. The number of fused-ring (bicyclic) bond motifs is 1. The first-order valence-corrected chi connectivity index (χ1v) is 13.4. The lowest BCUT2D eigenvalue weighted by atomic mass is 9.89. The van der Waals surface area contributed by atoms with E-state index in [1.165, 1.54) is 6.20 Å². The fourth-order valence-electron chi connectivity index (χ4n) is 4.74. The van der Waals surface area contributed by atoms with E-state index in [1.807, 2.05) is 6.07 Å². The number of primary amides is 1. The minimum Gasteiger partial charge on any atom is -0.381 e. The van der Waals surface area contributed by atoms with E-state index in [4.69, 9.17) is 10.5 Å². The summed E-state index contributed by atoms with van der Waals surface area (Å²) in [6.45, 7) is 1.32. The molecule has 0 unspecified atom stereocenters. The molecule has 1 amide bonds. The third kappa shape index (κ3) is 4.85. The summed E-state index contributed by atoms with van der Waals surface area (Å²) >= 11 is 0. The number of nitrogens with zero attached hydrogens (tertiary/aromatic N) is 3. The fraction of sp³-hybridized carbons (Fsp3) is 0.440. The van der Waals surface area contributed by atoms with Crippen molar-refractivity contribution in [2.75, 3.05) is 13.2 Å². The number of carbonyl (C=O) groups is 2. The van der Waals surface area contributed by atoms with E-state index in [1.54, 1.807) is 35.1 Å². The average Bonchev–Trinajstić information content (AvgIpc) is 3.64. The Balaban J connectivity index is 1.49. The minimum absolute atomic E-state index is 0.0638. The SMILES string of the molecule is NC(=O)c1ccc(CC(=O)[C@H](CC2CCOCC2)n2ncc3c(S(=O)(=O)C4CC4)cccc32)nc1. The molecule has 3 heterocycles. The van der Waals surface area contributed by atoms with Crippen LogP contribution in [0.3, 0.4) is 0 Å². The maximum atomic E-state index is 13.6. The highest BCUT2D eigenvalue weighted by atomic mass is 32.2. The van der Waals surface area contributed by atoms with Crippen LogP contribution in [-0.4, -0.2) is 53.3 Å². The van der Waals surface area contributed by atoms with Crippen LogP contribution >= 0.6 is 0 Å². The van der Waals surface area contributed by atoms with Gasteiger partial charge in [0, 0.05) is 30.5 Å². The Labute approximate surface area is 203 Å². The van der Waals surface area contributed by atoms with Gasteiger partial charge in [-0.2, -0.15) is 5.10 Å². The quantitative estimate of drug-likeness (QED) is 0.481. The molecule has 0 radical (unpaired) electrons. The number of Topliss-reactive ketones (excluding diaryl/α,β-unsaturated/α-hetero) is 1. The van der Waals surface area contributed by atoms with Crippen LogP contribution in [-0.2, 0) is 25.8 Å². The molecule has 1 saturated heterocycles. The van der Waals surface area contributed by atoms with Gasteiger partial charge < -0.3 is 10.5 Å². The first-order valence-electron chi connectivity index (χ1n) is 11.9. The molecule has 184 valence electrons. The van der Waals surface area contributed by atoms with Crippen LogP contribution in [0.15, 0.2) is 47.6 Å². The third-order valence-electron chi connectivity index (χ3n) is 6.90. The molecule has 1 aromatic carbocycles. The lowest BCUT2D eigenvalue weighted by Gasteiger charge is -2.26. The van der Waals surface area contributed by atoms with Crippen molar-refractivity contribution in [2.45, 2.75) is 54.7 Å². The van der Waals surface area contributed by atoms with E-state index >= 15 is 0 Å². The van der Waals surface area contributed by atoms with Crippen molar-refractivity contribution in [3.8, 4) is 0 Å². The van der Waals surface area contributed by atoms with E-state index in [0.717, 1.165) is 12.8 Å². The van der Waals surface area contributed by atoms with Crippen LogP contribution in [0.4, 0.5) is 0 Å². The van der Waals surface area contributed by atoms with Crippen LogP contribution < -0.4 is 5.73 Å². The summed E-state index contributed by atoms with van der Waals surface area (Å²) in [5.41, 5.74) is 6.74. The van der Waals surface area contributed by atoms with Gasteiger partial charge >= 0.3 is 0 Å². The summed E-state index contributed by atoms with van der Waals surface area (Å²) in [6, 6.07) is 7.77. The summed E-state index contributed by atoms with van der Waals surface area (Å²) in [5, 5.41) is 4.75. The number of pyridine rings is 1. The van der Waals surface area contributed by atoms with Gasteiger partial charge in [0.25, 0.3) is 0 Å². The smallest absolute Gasteiger partial charge is 0.250 e. The van der Waals surface area contributed by atoms with Gasteiger partial charge in [0.15, 0.2) is 15.6 Å². The highest BCUT2D eigenvalue weighted by Gasteiger charge is 2.38. The molecule has 35 heavy (non-hydrogen) atoms. The molecule has 1 aliphatic heterocycles. The van der Waals surface area contributed by atoms with E-state index in [0.29, 0.717) is 55.0 Å². The number of hydrogen-bond donors (Lipinski definition) is 1. The number of amides is 1. The number of sulfone groups is 1. The Kier molecular flexibility index (Phi) is 6.41. The van der Waals surface area contributed by atoms with Gasteiger partial charge in [-0.15, -0.1) is 0 Å². The first kappa shape index (κ1) is 23.6. The minimum atomic E-state index is -3.41. The summed E-state index contributed by atoms with van der Waals surface area (Å²) in [6.07, 6.45) is 6.65. The van der Waals surface area contributed by atoms with Gasteiger partial charge in [-0.1, -0.05) is 6.07 Å². The van der Waals surface area contributed by atoms with Gasteiger partial charge in [0.1, 0.15) is 6.04 Å². The summed E-state index contributed by atoms with van der Waals surface area (Å²) in [4.78, 5) is 29.5. The molecule has 2 aromatic heterocycles. The molecule has 0 spiro atoms. The predicted molar refractivity (Wildman–Crippen MR) is 129 cm³/mol. The lowest BCUT2D eigenvalue weighted by Crippen LogP contribution is -2.27. The first-order chi connectivity index (χ1) is 16.8. The number of hydrogen-bond acceptors (Lipinski definition) is 7. The van der Waals surface area contributed by atoms with Crippen LogP contribution in [0.2, 0.25) is 0 Å². The fourth-order valence-corrected chi connectivity index (χ4v) is 6.58. The third-order valence-corrected chi connectivity index (χ3v) is 9.22. The number of ketones is 1. The Morgan fingerprint density at radius 1 is 1.09 bits per heavy atom. The molecule has 1 atom stereocenters. The lowest BCUT2D eigenvalue weighted by molar-refractivity contribution is -0.122. The van der Waals surface area contributed by atoms with E-state index in [2.05, 4.69) is 10.1 Å². The van der Waals surface area contributed by atoms with Gasteiger partial charge in [0.2, 0.25) is 5.91 Å². The Morgan fingerprint density at radius 3 is 2.51 bits per heavy atom. The van der Waals surface area contributed by atoms with Crippen molar-refractivity contribution in [3.05, 3.63) is 54.0 Å². The number of nitrogens with two attached hydrogens (primary N) is 1. The molecule has 1 aliphatic carbocycles. The van der Waals surface area contributed by atoms with Crippen molar-refractivity contribution in [2.24, 2.45) is 11.7 Å². The van der Waals surface area contributed by atoms with Crippen LogP contribution in [0.25, 0.3) is 10.9 Å². The molecule has 3 aromatic rings. The molecular formula is C25H28N4O5S. The predicted octanol–water partition coefficient (Wildman–Crippen LogP) is 2.64. The zero-order chi connectivity index (χ0) is 24.6. The summed E-state index contributed by atoms with van der Waals surface area (Å²) < 4.78 is 33.2. The number of rotatable bonds is 9. The molecule has 5 rings (SSSR count). The zero-order valence-electron chi connectivity index (χ0n) is 19.3. The van der Waals surface area contributed by atoms with Crippen LogP contribution in [0, 0.1) is 5.92 Å². The Bertz CT molecular complexity index is 1360. The second-order valence-electron chi connectivity index (χ2n) is 9.38. The second-order valence-corrected chi connectivity index (χ2v) is 11.6. The standard InChI is InChI=1S/C25H28N4O5S/c26-25(31)17-4-5-18(27-14-17)13-23(30)22(12-16-8-10-34-11-9-16)29-21-2-1-3-24(20(21)15-28-29)35(32,33)19-6-7-19/h1-5,14-16,19,22H,6-13H2,(H2,26,31)/t22-/m0/s1. The highest BCUT2D eigenvalue weighted by molar-refractivity contribution is 7.92. The highest BCUT2D eigenvalue weighted by Crippen LogP contribution is 2.37. The van der Waals surface area contributed by atoms with Gasteiger partial charge in [-0.25, -0.2) is 8.42 Å². The Morgan fingerprint density at radius 2 is 1.86 bits per heavy atom. The monoisotopic (exact) mass is 496 g/mol. The summed E-state index contributed by atoms with van der Waals surface area (Å²) in [7, 11) is -3.41. The molecule has 9 nitrogen and oxygen atoms in total. The maximum absolute atomic E-state index is 13.6. The van der Waals surface area contributed by atoms with E-state index in [-0.39, 0.29) is 27.9 Å². The van der Waals surface area contributed by atoms with Crippen molar-refractivity contribution < 1.29 is 22.7 Å². The topological polar surface area (TPSA) is 134 Å². The molecule has 2 aliphatic rings. The molecular weight excluding hydrogens is 468 g/mol. The van der Waals surface area contributed by atoms with Crippen molar-refractivity contribution in [1.29, 1.82) is 0 Å². The van der Waals surface area contributed by atoms with E-state index < -0.39 is 21.8 Å². The zero-order valence-corrected chi connectivity index (χ0v) is 20.1. The number of aromatic nitrogens is 3. The number of carbonyl (C=O) groups excluding carboxylic acids is 2. The normalized spacial score (nSPS) is 17.9. The average molecular weight is 497 g/mol. The maximum Gasteiger partial charge on any atom is 0.250 e. The van der Waals surface area contributed by atoms with Crippen LogP contribution in [0.5, 0.6) is 0 Å². The Hall–Kier alpha value is -3.11. The number of benzene rings is 1. The van der Waals surface area contributed by atoms with Gasteiger partial charge in [-0.3, -0.25) is 19.3 Å². The molecule has 2 fully saturated rings. The second kappa shape index (κ2) is 9.50. The van der Waals surface area contributed by atoms with Gasteiger partial charge in [-0.05, 0) is 62.3 Å². The van der Waals surface area contributed by atoms with Crippen molar-refractivity contribution in [3.63, 3.8) is 0 Å².